The van der Waals surface area contributed by atoms with Crippen LogP contribution in [-0.2, 0) is 20.8 Å². The Labute approximate surface area is 168 Å². The number of benzene rings is 1. The average molecular weight is 391 g/mol. The maximum absolute atomic E-state index is 13.0. The highest BCUT2D eigenvalue weighted by Crippen LogP contribution is 2.41. The molecule has 3 nitrogen and oxygen atoms in total. The molecule has 2 aliphatic carbocycles. The van der Waals surface area contributed by atoms with E-state index in [4.69, 9.17) is 14.2 Å². The van der Waals surface area contributed by atoms with E-state index in [1.807, 2.05) is 12.1 Å². The van der Waals surface area contributed by atoms with Crippen LogP contribution >= 0.6 is 0 Å². The second-order valence-corrected chi connectivity index (χ2v) is 9.00. The fourth-order valence-corrected chi connectivity index (χ4v) is 5.42. The van der Waals surface area contributed by atoms with Crippen molar-refractivity contribution >= 4 is 0 Å². The van der Waals surface area contributed by atoms with Crippen molar-refractivity contribution in [2.75, 3.05) is 13.2 Å². The van der Waals surface area contributed by atoms with Gasteiger partial charge in [0, 0.05) is 0 Å². The summed E-state index contributed by atoms with van der Waals surface area (Å²) in [5, 5.41) is 0. The van der Waals surface area contributed by atoms with Crippen LogP contribution in [0.3, 0.4) is 0 Å². The summed E-state index contributed by atoms with van der Waals surface area (Å²) in [6.07, 6.45) is 13.4. The van der Waals surface area contributed by atoms with Crippen LogP contribution in [0.2, 0.25) is 0 Å². The normalized spacial score (nSPS) is 31.9. The summed E-state index contributed by atoms with van der Waals surface area (Å²) in [5.41, 5.74) is 1.07. The summed E-state index contributed by atoms with van der Waals surface area (Å²) in [6, 6.07) is 6.67. The molecule has 4 rings (SSSR count). The van der Waals surface area contributed by atoms with Crippen molar-refractivity contribution in [3.05, 3.63) is 35.6 Å². The molecule has 0 aromatic heterocycles. The molecule has 0 unspecified atom stereocenters. The minimum atomic E-state index is -0.181. The van der Waals surface area contributed by atoms with Gasteiger partial charge in [0.05, 0.1) is 25.9 Å². The zero-order chi connectivity index (χ0) is 19.2. The third-order valence-corrected chi connectivity index (χ3v) is 7.18. The lowest BCUT2D eigenvalue weighted by atomic mass is 9.70. The van der Waals surface area contributed by atoms with Crippen LogP contribution in [0.5, 0.6) is 0 Å². The van der Waals surface area contributed by atoms with Crippen LogP contribution < -0.4 is 0 Å². The van der Waals surface area contributed by atoms with Crippen molar-refractivity contribution in [2.45, 2.75) is 83.2 Å². The van der Waals surface area contributed by atoms with Crippen molar-refractivity contribution in [3.63, 3.8) is 0 Å². The lowest BCUT2D eigenvalue weighted by Crippen LogP contribution is -2.28. The molecule has 1 aromatic rings. The highest BCUT2D eigenvalue weighted by Gasteiger charge is 2.31. The third-order valence-electron chi connectivity index (χ3n) is 7.18. The van der Waals surface area contributed by atoms with E-state index in [0.29, 0.717) is 12.7 Å². The molecule has 1 aliphatic heterocycles. The van der Waals surface area contributed by atoms with Crippen molar-refractivity contribution in [2.24, 2.45) is 17.8 Å². The lowest BCUT2D eigenvalue weighted by Gasteiger charge is -2.38. The van der Waals surface area contributed by atoms with Gasteiger partial charge in [-0.25, -0.2) is 4.39 Å². The van der Waals surface area contributed by atoms with Crippen molar-refractivity contribution in [1.82, 2.24) is 0 Å². The molecule has 156 valence electrons. The number of hydrogen-bond acceptors (Lipinski definition) is 3. The Kier molecular flexibility index (Phi) is 7.38. The van der Waals surface area contributed by atoms with Crippen LogP contribution in [0, 0.1) is 23.6 Å². The van der Waals surface area contributed by atoms with Crippen LogP contribution in [-0.4, -0.2) is 25.6 Å². The van der Waals surface area contributed by atoms with Gasteiger partial charge in [-0.15, -0.1) is 0 Å². The summed E-state index contributed by atoms with van der Waals surface area (Å²) < 4.78 is 30.2. The van der Waals surface area contributed by atoms with E-state index in [2.05, 4.69) is 0 Å². The topological polar surface area (TPSA) is 27.7 Å². The number of ether oxygens (including phenoxy) is 3. The van der Waals surface area contributed by atoms with Crippen molar-refractivity contribution < 1.29 is 18.6 Å². The van der Waals surface area contributed by atoms with Gasteiger partial charge in [-0.2, -0.15) is 0 Å². The Morgan fingerprint density at radius 1 is 0.786 bits per heavy atom. The zero-order valence-corrected chi connectivity index (χ0v) is 17.0. The maximum Gasteiger partial charge on any atom is 0.157 e. The van der Waals surface area contributed by atoms with Gasteiger partial charge in [-0.3, -0.25) is 0 Å². The van der Waals surface area contributed by atoms with Crippen molar-refractivity contribution in [1.29, 1.82) is 0 Å². The Balaban J connectivity index is 1.11. The van der Waals surface area contributed by atoms with Gasteiger partial charge in [0.25, 0.3) is 0 Å². The standard InChI is InChI=1S/C24H35FO3/c25-22-10-3-19(4-11-22)17-28-23-12-8-21(9-13-23)20-6-1-18(2-7-20)5-14-24-26-15-16-27-24/h3-4,10-11,18,20-21,23-24H,1-2,5-9,12-17H2/t18-,20-,21-,23-. The van der Waals surface area contributed by atoms with Crippen LogP contribution in [0.4, 0.5) is 4.39 Å². The molecule has 28 heavy (non-hydrogen) atoms. The Bertz CT molecular complexity index is 568. The predicted octanol–water partition coefficient (Wildman–Crippen LogP) is 5.86. The van der Waals surface area contributed by atoms with Crippen LogP contribution in [0.25, 0.3) is 0 Å². The number of hydrogen-bond donors (Lipinski definition) is 0. The van der Waals surface area contributed by atoms with Gasteiger partial charge < -0.3 is 14.2 Å². The van der Waals surface area contributed by atoms with Gasteiger partial charge in [-0.05, 0) is 86.8 Å². The van der Waals surface area contributed by atoms with Gasteiger partial charge in [0.2, 0.25) is 0 Å². The molecule has 3 aliphatic rings. The Morgan fingerprint density at radius 2 is 1.39 bits per heavy atom. The second-order valence-electron chi connectivity index (χ2n) is 9.00. The monoisotopic (exact) mass is 390 g/mol. The first-order chi connectivity index (χ1) is 13.8. The fraction of sp³-hybridized carbons (Fsp3) is 0.750. The molecule has 0 atom stereocenters. The average Bonchev–Trinajstić information content (AvgIpc) is 3.26. The SMILES string of the molecule is Fc1ccc(CO[C@H]2CC[C@H]([C@H]3CC[C@H](CCC4OCCO4)CC3)CC2)cc1. The van der Waals surface area contributed by atoms with Gasteiger partial charge in [-0.1, -0.05) is 25.0 Å². The minimum Gasteiger partial charge on any atom is -0.374 e. The van der Waals surface area contributed by atoms with Gasteiger partial charge in [0.1, 0.15) is 5.82 Å². The highest BCUT2D eigenvalue weighted by atomic mass is 19.1. The number of halogens is 1. The van der Waals surface area contributed by atoms with E-state index in [1.165, 1.54) is 69.9 Å². The molecule has 0 radical (unpaired) electrons. The highest BCUT2D eigenvalue weighted by molar-refractivity contribution is 5.15. The molecule has 2 saturated carbocycles. The molecule has 3 fully saturated rings. The quantitative estimate of drug-likeness (QED) is 0.583. The second kappa shape index (κ2) is 10.2. The van der Waals surface area contributed by atoms with Gasteiger partial charge >= 0.3 is 0 Å². The van der Waals surface area contributed by atoms with Crippen molar-refractivity contribution in [3.8, 4) is 0 Å². The smallest absolute Gasteiger partial charge is 0.157 e. The van der Waals surface area contributed by atoms with Gasteiger partial charge in [0.15, 0.2) is 6.29 Å². The van der Waals surface area contributed by atoms with E-state index in [9.17, 15) is 4.39 Å². The first kappa shape index (κ1) is 20.3. The lowest BCUT2D eigenvalue weighted by molar-refractivity contribution is -0.0516. The summed E-state index contributed by atoms with van der Waals surface area (Å²) in [5.74, 6) is 2.51. The molecule has 0 amide bonds. The largest absolute Gasteiger partial charge is 0.374 e. The van der Waals surface area contributed by atoms with E-state index in [1.54, 1.807) is 0 Å². The summed E-state index contributed by atoms with van der Waals surface area (Å²) in [4.78, 5) is 0. The summed E-state index contributed by atoms with van der Waals surface area (Å²) >= 11 is 0. The third kappa shape index (κ3) is 5.77. The van der Waals surface area contributed by atoms with Crippen LogP contribution in [0.1, 0.15) is 69.8 Å². The number of rotatable bonds is 7. The minimum absolute atomic E-state index is 0.0721. The molecule has 0 bridgehead atoms. The summed E-state index contributed by atoms with van der Waals surface area (Å²) in [6.45, 7) is 2.15. The molecule has 1 saturated heterocycles. The van der Waals surface area contributed by atoms with Crippen LogP contribution in [0.15, 0.2) is 24.3 Å². The molecule has 4 heteroatoms. The first-order valence-electron chi connectivity index (χ1n) is 11.4. The Hall–Kier alpha value is -0.970. The molecule has 1 heterocycles. The van der Waals surface area contributed by atoms with E-state index in [0.717, 1.165) is 43.0 Å². The summed E-state index contributed by atoms with van der Waals surface area (Å²) in [7, 11) is 0. The van der Waals surface area contributed by atoms with E-state index < -0.39 is 0 Å². The van der Waals surface area contributed by atoms with E-state index in [-0.39, 0.29) is 12.1 Å². The predicted molar refractivity (Wildman–Crippen MR) is 107 cm³/mol. The molecule has 0 N–H and O–H groups in total. The van der Waals surface area contributed by atoms with E-state index >= 15 is 0 Å². The molecule has 0 spiro atoms. The molecular formula is C24H35FO3. The fourth-order valence-electron chi connectivity index (χ4n) is 5.42. The Morgan fingerprint density at radius 3 is 2.04 bits per heavy atom. The zero-order valence-electron chi connectivity index (χ0n) is 17.0. The first-order valence-corrected chi connectivity index (χ1v) is 11.4. The molecular weight excluding hydrogens is 355 g/mol. The molecule has 1 aromatic carbocycles. The maximum atomic E-state index is 13.0.